The van der Waals surface area contributed by atoms with Gasteiger partial charge in [-0.1, -0.05) is 0 Å². The molecule has 1 unspecified atom stereocenters. The molecule has 0 saturated heterocycles. The van der Waals surface area contributed by atoms with Crippen LogP contribution in [0.25, 0.3) is 0 Å². The summed E-state index contributed by atoms with van der Waals surface area (Å²) in [7, 11) is 1.63. The van der Waals surface area contributed by atoms with Gasteiger partial charge in [0.2, 0.25) is 0 Å². The van der Waals surface area contributed by atoms with Gasteiger partial charge in [0.1, 0.15) is 0 Å². The molecule has 48 valence electrons. The molecule has 0 aromatic carbocycles. The van der Waals surface area contributed by atoms with Crippen molar-refractivity contribution in [2.24, 2.45) is 0 Å². The number of methoxy groups -OCH3 is 1. The Hall–Kier alpha value is -0.492. The number of pyridine rings is 1. The van der Waals surface area contributed by atoms with Crippen LogP contribution in [0.2, 0.25) is 0 Å². The topological polar surface area (TPSA) is 22.1 Å². The molecular weight excluding hydrogens is 177 g/mol. The predicted molar refractivity (Wildman–Crippen MR) is 39.0 cm³/mol. The van der Waals surface area contributed by atoms with Gasteiger partial charge < -0.3 is 0 Å². The average Bonchev–Trinajstić information content (AvgIpc) is 1.89. The molecule has 0 aliphatic heterocycles. The standard InChI is InChI=1S/C6H8AsNO/c1-9-6-5(7)3-2-4-8-6/h2-4H,7H2,1H3. The molecule has 0 bridgehead atoms. The van der Waals surface area contributed by atoms with Crippen molar-refractivity contribution >= 4 is 21.2 Å². The van der Waals surface area contributed by atoms with Crippen molar-refractivity contribution in [1.82, 2.24) is 4.98 Å². The van der Waals surface area contributed by atoms with Gasteiger partial charge in [0.05, 0.1) is 0 Å². The number of hydrogen-bond acceptors (Lipinski definition) is 2. The molecule has 0 radical (unpaired) electrons. The Morgan fingerprint density at radius 2 is 2.44 bits per heavy atom. The van der Waals surface area contributed by atoms with Gasteiger partial charge in [0.25, 0.3) is 0 Å². The minimum atomic E-state index is 0.734. The van der Waals surface area contributed by atoms with Gasteiger partial charge in [0.15, 0.2) is 0 Å². The van der Waals surface area contributed by atoms with Crippen LogP contribution >= 0.6 is 0 Å². The number of rotatable bonds is 1. The Labute approximate surface area is 62.8 Å². The molecule has 0 N–H and O–H groups in total. The van der Waals surface area contributed by atoms with Gasteiger partial charge in [-0.3, -0.25) is 0 Å². The molecule has 2 nitrogen and oxygen atoms in total. The van der Waals surface area contributed by atoms with Crippen molar-refractivity contribution in [3.63, 3.8) is 0 Å². The summed E-state index contributed by atoms with van der Waals surface area (Å²) in [5, 5.41) is 0. The second-order valence-corrected chi connectivity index (χ2v) is 2.91. The van der Waals surface area contributed by atoms with Crippen LogP contribution in [0.5, 0.6) is 5.88 Å². The number of aromatic nitrogens is 1. The predicted octanol–water partition coefficient (Wildman–Crippen LogP) is -0.651. The van der Waals surface area contributed by atoms with E-state index in [2.05, 4.69) is 4.98 Å². The zero-order valence-corrected chi connectivity index (χ0v) is 7.59. The van der Waals surface area contributed by atoms with E-state index in [9.17, 15) is 0 Å². The van der Waals surface area contributed by atoms with Gasteiger partial charge in [-0.2, -0.15) is 0 Å². The molecule has 0 saturated carbocycles. The SMILES string of the molecule is COc1ncccc1[AsH2]. The third-order valence-electron chi connectivity index (χ3n) is 0.994. The molecule has 0 aliphatic rings. The number of ether oxygens (including phenoxy) is 1. The van der Waals surface area contributed by atoms with Gasteiger partial charge in [-0.25, -0.2) is 0 Å². The first-order valence-electron chi connectivity index (χ1n) is 2.59. The second-order valence-electron chi connectivity index (χ2n) is 1.60. The van der Waals surface area contributed by atoms with Crippen LogP contribution in [0.1, 0.15) is 0 Å². The Morgan fingerprint density at radius 1 is 1.67 bits per heavy atom. The van der Waals surface area contributed by atoms with E-state index in [1.807, 2.05) is 12.1 Å². The molecule has 0 aliphatic carbocycles. The monoisotopic (exact) mass is 185 g/mol. The average molecular weight is 185 g/mol. The maximum absolute atomic E-state index is 4.95. The molecule has 1 rings (SSSR count). The Kier molecular flexibility index (Phi) is 2.12. The van der Waals surface area contributed by atoms with Crippen molar-refractivity contribution in [1.29, 1.82) is 0 Å². The zero-order valence-electron chi connectivity index (χ0n) is 5.16. The summed E-state index contributed by atoms with van der Waals surface area (Å²) >= 11 is 1.53. The zero-order chi connectivity index (χ0) is 6.69. The van der Waals surface area contributed by atoms with E-state index >= 15 is 0 Å². The van der Waals surface area contributed by atoms with E-state index in [1.54, 1.807) is 13.3 Å². The van der Waals surface area contributed by atoms with Crippen LogP contribution in [0.3, 0.4) is 0 Å². The Balaban J connectivity index is 3.01. The quantitative estimate of drug-likeness (QED) is 0.542. The summed E-state index contributed by atoms with van der Waals surface area (Å²) in [5.41, 5.74) is 0. The van der Waals surface area contributed by atoms with Crippen LogP contribution < -0.4 is 9.09 Å². The van der Waals surface area contributed by atoms with Crippen molar-refractivity contribution in [3.8, 4) is 5.88 Å². The first-order valence-corrected chi connectivity index (χ1v) is 3.80. The van der Waals surface area contributed by atoms with E-state index in [1.165, 1.54) is 16.9 Å². The van der Waals surface area contributed by atoms with Crippen molar-refractivity contribution < 1.29 is 4.74 Å². The molecule has 3 heteroatoms. The summed E-state index contributed by atoms with van der Waals surface area (Å²) < 4.78 is 6.08. The fourth-order valence-corrected chi connectivity index (χ4v) is 1.21. The first-order chi connectivity index (χ1) is 4.34. The molecule has 1 aromatic rings. The van der Waals surface area contributed by atoms with Gasteiger partial charge in [-0.05, 0) is 0 Å². The van der Waals surface area contributed by atoms with Gasteiger partial charge in [0, 0.05) is 0 Å². The fourth-order valence-electron chi connectivity index (χ4n) is 0.574. The van der Waals surface area contributed by atoms with E-state index in [0.717, 1.165) is 10.2 Å². The molecule has 0 spiro atoms. The van der Waals surface area contributed by atoms with Gasteiger partial charge in [-0.15, -0.1) is 0 Å². The Morgan fingerprint density at radius 3 is 2.89 bits per heavy atom. The summed E-state index contributed by atoms with van der Waals surface area (Å²) in [5.74, 6) is 0.734. The number of hydrogen-bond donors (Lipinski definition) is 0. The molecule has 1 atom stereocenters. The summed E-state index contributed by atoms with van der Waals surface area (Å²) in [6.07, 6.45) is 1.72. The van der Waals surface area contributed by atoms with Gasteiger partial charge >= 0.3 is 62.2 Å². The third-order valence-corrected chi connectivity index (χ3v) is 1.92. The maximum atomic E-state index is 4.95. The second kappa shape index (κ2) is 2.88. The Bertz CT molecular complexity index is 202. The van der Waals surface area contributed by atoms with Crippen molar-refractivity contribution in [3.05, 3.63) is 18.3 Å². The number of nitrogens with zero attached hydrogens (tertiary/aromatic N) is 1. The van der Waals surface area contributed by atoms with Crippen molar-refractivity contribution in [2.45, 2.75) is 0 Å². The molecule has 9 heavy (non-hydrogen) atoms. The summed E-state index contributed by atoms with van der Waals surface area (Å²) in [6, 6.07) is 3.89. The van der Waals surface area contributed by atoms with Crippen LogP contribution in [-0.4, -0.2) is 28.9 Å². The first kappa shape index (κ1) is 6.63. The minimum absolute atomic E-state index is 0.734. The van der Waals surface area contributed by atoms with E-state index in [0.29, 0.717) is 0 Å². The van der Waals surface area contributed by atoms with E-state index < -0.39 is 0 Å². The molecular formula is C6H8AsNO. The molecule has 1 heterocycles. The molecule has 0 fully saturated rings. The van der Waals surface area contributed by atoms with Crippen LogP contribution in [-0.2, 0) is 0 Å². The van der Waals surface area contributed by atoms with E-state index in [-0.39, 0.29) is 0 Å². The van der Waals surface area contributed by atoms with Crippen molar-refractivity contribution in [2.75, 3.05) is 7.11 Å². The van der Waals surface area contributed by atoms with Crippen LogP contribution in [0, 0.1) is 0 Å². The molecule has 1 aromatic heterocycles. The van der Waals surface area contributed by atoms with E-state index in [4.69, 9.17) is 4.74 Å². The van der Waals surface area contributed by atoms with Crippen LogP contribution in [0.4, 0.5) is 0 Å². The fraction of sp³-hybridized carbons (Fsp3) is 0.167. The summed E-state index contributed by atoms with van der Waals surface area (Å²) in [4.78, 5) is 3.99. The normalized spacial score (nSPS) is 9.11. The summed E-state index contributed by atoms with van der Waals surface area (Å²) in [6.45, 7) is 0. The third kappa shape index (κ3) is 1.46. The molecule has 0 amide bonds. The van der Waals surface area contributed by atoms with Crippen LogP contribution in [0.15, 0.2) is 18.3 Å².